The van der Waals surface area contributed by atoms with Crippen LogP contribution in [0.5, 0.6) is 0 Å². The van der Waals surface area contributed by atoms with Crippen molar-refractivity contribution >= 4 is 11.0 Å². The molecule has 0 bridgehead atoms. The van der Waals surface area contributed by atoms with Crippen LogP contribution in [0.3, 0.4) is 0 Å². The second-order valence-electron chi connectivity index (χ2n) is 4.56. The van der Waals surface area contributed by atoms with Gasteiger partial charge in [-0.2, -0.15) is 13.2 Å². The second kappa shape index (κ2) is 4.77. The summed E-state index contributed by atoms with van der Waals surface area (Å²) >= 11 is 0. The number of fused-ring (bicyclic) bond motifs is 1. The summed E-state index contributed by atoms with van der Waals surface area (Å²) in [4.78, 5) is 11.9. The Bertz CT molecular complexity index is 863. The molecule has 21 heavy (non-hydrogen) atoms. The molecule has 2 aromatic carbocycles. The van der Waals surface area contributed by atoms with E-state index in [2.05, 4.69) is 0 Å². The summed E-state index contributed by atoms with van der Waals surface area (Å²) < 4.78 is 43.3. The van der Waals surface area contributed by atoms with Crippen LogP contribution in [0.1, 0.15) is 5.56 Å². The Kier molecular flexibility index (Phi) is 3.05. The minimum absolute atomic E-state index is 0.111. The molecule has 0 atom stereocenters. The van der Waals surface area contributed by atoms with E-state index >= 15 is 0 Å². The number of rotatable bonds is 1. The van der Waals surface area contributed by atoms with Crippen LogP contribution >= 0.6 is 0 Å². The van der Waals surface area contributed by atoms with Crippen LogP contribution in [0.2, 0.25) is 0 Å². The maximum absolute atomic E-state index is 12.7. The maximum Gasteiger partial charge on any atom is 0.416 e. The van der Waals surface area contributed by atoms with Gasteiger partial charge < -0.3 is 4.42 Å². The van der Waals surface area contributed by atoms with Gasteiger partial charge in [-0.15, -0.1) is 0 Å². The van der Waals surface area contributed by atoms with E-state index in [0.29, 0.717) is 11.0 Å². The van der Waals surface area contributed by atoms with E-state index in [1.54, 1.807) is 24.3 Å². The molecule has 2 nitrogen and oxygen atoms in total. The number of hydrogen-bond donors (Lipinski definition) is 0. The first-order valence-electron chi connectivity index (χ1n) is 6.16. The standard InChI is InChI=1S/C16H9F3O2/c17-16(18,19)12-6-3-5-10(8-12)13-9-11-4-1-2-7-14(11)21-15(13)20/h1-9H. The average Bonchev–Trinajstić information content (AvgIpc) is 2.46. The summed E-state index contributed by atoms with van der Waals surface area (Å²) in [6, 6.07) is 13.0. The quantitative estimate of drug-likeness (QED) is 0.619. The van der Waals surface area contributed by atoms with Crippen molar-refractivity contribution in [2.45, 2.75) is 6.18 Å². The summed E-state index contributed by atoms with van der Waals surface area (Å²) in [7, 11) is 0. The minimum Gasteiger partial charge on any atom is -0.422 e. The van der Waals surface area contributed by atoms with Crippen molar-refractivity contribution in [1.82, 2.24) is 0 Å². The van der Waals surface area contributed by atoms with Crippen LogP contribution < -0.4 is 5.63 Å². The van der Waals surface area contributed by atoms with Gasteiger partial charge in [-0.05, 0) is 29.8 Å². The fraction of sp³-hybridized carbons (Fsp3) is 0.0625. The molecule has 0 fully saturated rings. The molecule has 1 aromatic heterocycles. The van der Waals surface area contributed by atoms with Gasteiger partial charge in [-0.25, -0.2) is 4.79 Å². The van der Waals surface area contributed by atoms with Gasteiger partial charge in [0.2, 0.25) is 0 Å². The molecule has 106 valence electrons. The van der Waals surface area contributed by atoms with Crippen molar-refractivity contribution in [1.29, 1.82) is 0 Å². The maximum atomic E-state index is 12.7. The molecule has 0 unspecified atom stereocenters. The predicted octanol–water partition coefficient (Wildman–Crippen LogP) is 4.48. The number of para-hydroxylation sites is 1. The minimum atomic E-state index is -4.45. The Morgan fingerprint density at radius 2 is 1.67 bits per heavy atom. The van der Waals surface area contributed by atoms with Crippen molar-refractivity contribution in [3.05, 3.63) is 70.6 Å². The van der Waals surface area contributed by atoms with Crippen LogP contribution in [0.4, 0.5) is 13.2 Å². The van der Waals surface area contributed by atoms with Gasteiger partial charge in [-0.3, -0.25) is 0 Å². The van der Waals surface area contributed by atoms with E-state index < -0.39 is 17.4 Å². The lowest BCUT2D eigenvalue weighted by Gasteiger charge is -2.08. The molecule has 3 aromatic rings. The lowest BCUT2D eigenvalue weighted by molar-refractivity contribution is -0.137. The van der Waals surface area contributed by atoms with Gasteiger partial charge >= 0.3 is 11.8 Å². The zero-order chi connectivity index (χ0) is 15.0. The molecule has 0 aliphatic rings. The fourth-order valence-corrected chi connectivity index (χ4v) is 2.13. The van der Waals surface area contributed by atoms with Gasteiger partial charge in [0.15, 0.2) is 0 Å². The SMILES string of the molecule is O=c1oc2ccccc2cc1-c1cccc(C(F)(F)F)c1. The van der Waals surface area contributed by atoms with E-state index in [9.17, 15) is 18.0 Å². The number of halogens is 3. The zero-order valence-electron chi connectivity index (χ0n) is 10.6. The fourth-order valence-electron chi connectivity index (χ4n) is 2.13. The molecule has 1 heterocycles. The van der Waals surface area contributed by atoms with Crippen molar-refractivity contribution in [2.24, 2.45) is 0 Å². The van der Waals surface area contributed by atoms with Gasteiger partial charge in [0.1, 0.15) is 5.58 Å². The average molecular weight is 290 g/mol. The van der Waals surface area contributed by atoms with Crippen molar-refractivity contribution in [3.63, 3.8) is 0 Å². The van der Waals surface area contributed by atoms with Crippen LogP contribution in [-0.4, -0.2) is 0 Å². The molecular formula is C16H9F3O2. The van der Waals surface area contributed by atoms with E-state index in [1.807, 2.05) is 0 Å². The van der Waals surface area contributed by atoms with Crippen LogP contribution in [0.25, 0.3) is 22.1 Å². The third-order valence-electron chi connectivity index (χ3n) is 3.14. The van der Waals surface area contributed by atoms with Gasteiger partial charge in [0.05, 0.1) is 11.1 Å². The summed E-state index contributed by atoms with van der Waals surface area (Å²) in [5.74, 6) is 0. The van der Waals surface area contributed by atoms with Gasteiger partial charge in [0.25, 0.3) is 0 Å². The third kappa shape index (κ3) is 2.54. The Morgan fingerprint density at radius 3 is 2.43 bits per heavy atom. The number of hydrogen-bond acceptors (Lipinski definition) is 2. The number of benzene rings is 2. The van der Waals surface area contributed by atoms with Gasteiger partial charge in [0, 0.05) is 5.39 Å². The van der Waals surface area contributed by atoms with E-state index in [4.69, 9.17) is 4.42 Å². The smallest absolute Gasteiger partial charge is 0.416 e. The molecule has 0 saturated heterocycles. The Labute approximate surface area is 117 Å². The highest BCUT2D eigenvalue weighted by Crippen LogP contribution is 2.32. The molecular weight excluding hydrogens is 281 g/mol. The highest BCUT2D eigenvalue weighted by Gasteiger charge is 2.30. The molecule has 0 N–H and O–H groups in total. The normalized spacial score (nSPS) is 11.8. The highest BCUT2D eigenvalue weighted by molar-refractivity contribution is 5.81. The summed E-state index contributed by atoms with van der Waals surface area (Å²) in [6.07, 6.45) is -4.45. The third-order valence-corrected chi connectivity index (χ3v) is 3.14. The summed E-state index contributed by atoms with van der Waals surface area (Å²) in [6.45, 7) is 0. The molecule has 0 radical (unpaired) electrons. The second-order valence-corrected chi connectivity index (χ2v) is 4.56. The lowest BCUT2D eigenvalue weighted by Crippen LogP contribution is -2.07. The first-order valence-corrected chi connectivity index (χ1v) is 6.16. The van der Waals surface area contributed by atoms with E-state index in [0.717, 1.165) is 12.1 Å². The van der Waals surface area contributed by atoms with Crippen LogP contribution in [0, 0.1) is 0 Å². The summed E-state index contributed by atoms with van der Waals surface area (Å²) in [5.41, 5.74) is -0.761. The Morgan fingerprint density at radius 1 is 0.905 bits per heavy atom. The molecule has 0 saturated carbocycles. The van der Waals surface area contributed by atoms with Crippen molar-refractivity contribution in [2.75, 3.05) is 0 Å². The Hall–Kier alpha value is -2.56. The van der Waals surface area contributed by atoms with E-state index in [-0.39, 0.29) is 11.1 Å². The largest absolute Gasteiger partial charge is 0.422 e. The van der Waals surface area contributed by atoms with Crippen molar-refractivity contribution in [3.8, 4) is 11.1 Å². The number of alkyl halides is 3. The van der Waals surface area contributed by atoms with Crippen LogP contribution in [0.15, 0.2) is 63.8 Å². The first kappa shape index (κ1) is 13.4. The van der Waals surface area contributed by atoms with Crippen LogP contribution in [-0.2, 0) is 6.18 Å². The van der Waals surface area contributed by atoms with Gasteiger partial charge in [-0.1, -0.05) is 30.3 Å². The van der Waals surface area contributed by atoms with Crippen molar-refractivity contribution < 1.29 is 17.6 Å². The topological polar surface area (TPSA) is 30.2 Å². The first-order chi connectivity index (χ1) is 9.95. The summed E-state index contributed by atoms with van der Waals surface area (Å²) in [5, 5.41) is 0.657. The van der Waals surface area contributed by atoms with E-state index in [1.165, 1.54) is 18.2 Å². The molecule has 0 amide bonds. The monoisotopic (exact) mass is 290 g/mol. The highest BCUT2D eigenvalue weighted by atomic mass is 19.4. The Balaban J connectivity index is 2.21. The molecule has 5 heteroatoms. The molecule has 0 aliphatic carbocycles. The predicted molar refractivity (Wildman–Crippen MR) is 72.9 cm³/mol. The molecule has 0 aliphatic heterocycles. The molecule has 0 spiro atoms. The molecule has 3 rings (SSSR count). The lowest BCUT2D eigenvalue weighted by atomic mass is 10.0. The zero-order valence-corrected chi connectivity index (χ0v) is 10.6.